The van der Waals surface area contributed by atoms with Gasteiger partial charge in [0.05, 0.1) is 6.54 Å². The molecule has 0 saturated carbocycles. The minimum atomic E-state index is 0.412. The van der Waals surface area contributed by atoms with Crippen LogP contribution in [-0.4, -0.2) is 29.9 Å². The first kappa shape index (κ1) is 14.1. The van der Waals surface area contributed by atoms with Crippen LogP contribution >= 0.6 is 0 Å². The lowest BCUT2D eigenvalue weighted by molar-refractivity contribution is 0.578. The normalized spacial score (nSPS) is 15.8. The highest BCUT2D eigenvalue weighted by Gasteiger charge is 2.17. The lowest BCUT2D eigenvalue weighted by Crippen LogP contribution is -2.32. The number of nitrogens with one attached hydrogen (secondary N) is 1. The van der Waals surface area contributed by atoms with Gasteiger partial charge in [0.15, 0.2) is 0 Å². The number of rotatable bonds is 5. The fraction of sp³-hybridized carbons (Fsp3) is 0.471. The van der Waals surface area contributed by atoms with Crippen LogP contribution in [0.4, 0.5) is 5.69 Å². The number of aryl methyl sites for hydroxylation is 1. The molecule has 0 spiro atoms. The summed E-state index contributed by atoms with van der Waals surface area (Å²) in [4.78, 5) is 2.49. The standard InChI is InChI=1S/C17H24N4/c1-14(18-2)15-6-7-17-16(13-15)5-3-9-20(17)11-12-21-10-4-8-19-21/h4,6-8,10,13-14,18H,3,5,9,11-12H2,1-2H3. The molecule has 1 atom stereocenters. The van der Waals surface area contributed by atoms with E-state index in [-0.39, 0.29) is 0 Å². The van der Waals surface area contributed by atoms with Crippen LogP contribution in [0, 0.1) is 0 Å². The van der Waals surface area contributed by atoms with E-state index in [1.165, 1.54) is 29.7 Å². The Labute approximate surface area is 126 Å². The number of hydrogen-bond donors (Lipinski definition) is 1. The summed E-state index contributed by atoms with van der Waals surface area (Å²) >= 11 is 0. The number of nitrogens with zero attached hydrogens (tertiary/aromatic N) is 3. The third kappa shape index (κ3) is 3.10. The average Bonchev–Trinajstić information content (AvgIpc) is 3.05. The number of anilines is 1. The zero-order valence-electron chi connectivity index (χ0n) is 12.9. The molecule has 1 aromatic carbocycles. The SMILES string of the molecule is CNC(C)c1ccc2c(c1)CCCN2CCn1cccn1. The Balaban J connectivity index is 1.75. The molecule has 0 bridgehead atoms. The van der Waals surface area contributed by atoms with Gasteiger partial charge in [0, 0.05) is 37.2 Å². The summed E-state index contributed by atoms with van der Waals surface area (Å²) in [5.41, 5.74) is 4.27. The highest BCUT2D eigenvalue weighted by atomic mass is 15.3. The van der Waals surface area contributed by atoms with Crippen molar-refractivity contribution in [3.63, 3.8) is 0 Å². The molecule has 0 radical (unpaired) electrons. The highest BCUT2D eigenvalue weighted by molar-refractivity contribution is 5.57. The van der Waals surface area contributed by atoms with E-state index in [2.05, 4.69) is 40.4 Å². The monoisotopic (exact) mass is 284 g/mol. The number of aromatic nitrogens is 2. The number of benzene rings is 1. The largest absolute Gasteiger partial charge is 0.369 e. The first-order valence-electron chi connectivity index (χ1n) is 7.80. The second kappa shape index (κ2) is 6.31. The van der Waals surface area contributed by atoms with Crippen molar-refractivity contribution in [2.75, 3.05) is 25.0 Å². The topological polar surface area (TPSA) is 33.1 Å². The molecule has 1 aliphatic heterocycles. The third-order valence-corrected chi connectivity index (χ3v) is 4.41. The molecule has 21 heavy (non-hydrogen) atoms. The zero-order chi connectivity index (χ0) is 14.7. The maximum atomic E-state index is 4.29. The summed E-state index contributed by atoms with van der Waals surface area (Å²) in [5.74, 6) is 0. The Morgan fingerprint density at radius 3 is 3.00 bits per heavy atom. The van der Waals surface area contributed by atoms with Gasteiger partial charge in [-0.1, -0.05) is 12.1 Å². The molecule has 4 heteroatoms. The molecular weight excluding hydrogens is 260 g/mol. The van der Waals surface area contributed by atoms with Gasteiger partial charge < -0.3 is 10.2 Å². The Kier molecular flexibility index (Phi) is 4.25. The van der Waals surface area contributed by atoms with Crippen molar-refractivity contribution in [2.24, 2.45) is 0 Å². The third-order valence-electron chi connectivity index (χ3n) is 4.41. The lowest BCUT2D eigenvalue weighted by Gasteiger charge is -2.32. The van der Waals surface area contributed by atoms with Gasteiger partial charge in [-0.05, 0) is 50.1 Å². The molecule has 2 heterocycles. The van der Waals surface area contributed by atoms with Crippen LogP contribution in [0.25, 0.3) is 0 Å². The molecule has 1 aromatic heterocycles. The van der Waals surface area contributed by atoms with Crippen molar-refractivity contribution in [1.29, 1.82) is 0 Å². The van der Waals surface area contributed by atoms with Gasteiger partial charge in [0.2, 0.25) is 0 Å². The van der Waals surface area contributed by atoms with E-state index in [0.29, 0.717) is 6.04 Å². The zero-order valence-corrected chi connectivity index (χ0v) is 12.9. The molecule has 0 aliphatic carbocycles. The molecule has 112 valence electrons. The van der Waals surface area contributed by atoms with Gasteiger partial charge in [-0.2, -0.15) is 5.10 Å². The van der Waals surface area contributed by atoms with E-state index < -0.39 is 0 Å². The molecule has 1 N–H and O–H groups in total. The van der Waals surface area contributed by atoms with Crippen molar-refractivity contribution in [2.45, 2.75) is 32.4 Å². The van der Waals surface area contributed by atoms with E-state index in [9.17, 15) is 0 Å². The molecular formula is C17H24N4. The number of hydrogen-bond acceptors (Lipinski definition) is 3. The van der Waals surface area contributed by atoms with Crippen LogP contribution in [0.5, 0.6) is 0 Å². The number of fused-ring (bicyclic) bond motifs is 1. The second-order valence-corrected chi connectivity index (χ2v) is 5.76. The molecule has 0 amide bonds. The van der Waals surface area contributed by atoms with Crippen molar-refractivity contribution >= 4 is 5.69 Å². The first-order chi connectivity index (χ1) is 10.3. The summed E-state index contributed by atoms with van der Waals surface area (Å²) in [6.45, 7) is 5.33. The van der Waals surface area contributed by atoms with Crippen LogP contribution < -0.4 is 10.2 Å². The van der Waals surface area contributed by atoms with Crippen LogP contribution in [0.15, 0.2) is 36.7 Å². The summed E-state index contributed by atoms with van der Waals surface area (Å²) in [6, 6.07) is 9.31. The first-order valence-corrected chi connectivity index (χ1v) is 7.80. The van der Waals surface area contributed by atoms with Crippen LogP contribution in [-0.2, 0) is 13.0 Å². The minimum absolute atomic E-state index is 0.412. The van der Waals surface area contributed by atoms with Gasteiger partial charge in [-0.25, -0.2) is 0 Å². The van der Waals surface area contributed by atoms with Gasteiger partial charge in [0.25, 0.3) is 0 Å². The van der Waals surface area contributed by atoms with Crippen LogP contribution in [0.2, 0.25) is 0 Å². The Bertz CT molecular complexity index is 576. The lowest BCUT2D eigenvalue weighted by atomic mass is 9.97. The van der Waals surface area contributed by atoms with E-state index in [1.54, 1.807) is 0 Å². The highest BCUT2D eigenvalue weighted by Crippen LogP contribution is 2.29. The smallest absolute Gasteiger partial charge is 0.0584 e. The molecule has 0 fully saturated rings. The fourth-order valence-corrected chi connectivity index (χ4v) is 3.02. The Morgan fingerprint density at radius 1 is 1.33 bits per heavy atom. The predicted molar refractivity (Wildman–Crippen MR) is 86.7 cm³/mol. The molecule has 3 rings (SSSR count). The van der Waals surface area contributed by atoms with Crippen molar-refractivity contribution < 1.29 is 0 Å². The Hall–Kier alpha value is -1.81. The predicted octanol–water partition coefficient (Wildman–Crippen LogP) is 2.62. The minimum Gasteiger partial charge on any atom is -0.369 e. The maximum absolute atomic E-state index is 4.29. The molecule has 2 aromatic rings. The molecule has 4 nitrogen and oxygen atoms in total. The van der Waals surface area contributed by atoms with E-state index in [1.807, 2.05) is 30.2 Å². The van der Waals surface area contributed by atoms with Crippen molar-refractivity contribution in [3.8, 4) is 0 Å². The quantitative estimate of drug-likeness (QED) is 0.916. The van der Waals surface area contributed by atoms with Gasteiger partial charge in [0.1, 0.15) is 0 Å². The summed E-state index contributed by atoms with van der Waals surface area (Å²) in [5, 5.41) is 7.60. The van der Waals surface area contributed by atoms with Crippen LogP contribution in [0.1, 0.15) is 30.5 Å². The summed E-state index contributed by atoms with van der Waals surface area (Å²) < 4.78 is 2.01. The summed E-state index contributed by atoms with van der Waals surface area (Å²) in [6.07, 6.45) is 6.31. The fourth-order valence-electron chi connectivity index (χ4n) is 3.02. The van der Waals surface area contributed by atoms with Crippen LogP contribution in [0.3, 0.4) is 0 Å². The maximum Gasteiger partial charge on any atom is 0.0584 e. The molecule has 1 unspecified atom stereocenters. The van der Waals surface area contributed by atoms with Crippen molar-refractivity contribution in [1.82, 2.24) is 15.1 Å². The van der Waals surface area contributed by atoms with Gasteiger partial charge in [-0.15, -0.1) is 0 Å². The molecule has 0 saturated heterocycles. The summed E-state index contributed by atoms with van der Waals surface area (Å²) in [7, 11) is 2.01. The van der Waals surface area contributed by atoms with Crippen molar-refractivity contribution in [3.05, 3.63) is 47.8 Å². The van der Waals surface area contributed by atoms with E-state index >= 15 is 0 Å². The van der Waals surface area contributed by atoms with Gasteiger partial charge >= 0.3 is 0 Å². The molecule has 1 aliphatic rings. The van der Waals surface area contributed by atoms with Gasteiger partial charge in [-0.3, -0.25) is 4.68 Å². The average molecular weight is 284 g/mol. The van der Waals surface area contributed by atoms with E-state index in [0.717, 1.165) is 19.6 Å². The Morgan fingerprint density at radius 2 is 2.24 bits per heavy atom. The second-order valence-electron chi connectivity index (χ2n) is 5.76. The van der Waals surface area contributed by atoms with E-state index in [4.69, 9.17) is 0 Å².